The van der Waals surface area contributed by atoms with Gasteiger partial charge in [-0.15, -0.1) is 0 Å². The summed E-state index contributed by atoms with van der Waals surface area (Å²) < 4.78 is 24.0. The third kappa shape index (κ3) is 5.33. The summed E-state index contributed by atoms with van der Waals surface area (Å²) in [7, 11) is 0. The molecule has 0 spiro atoms. The lowest BCUT2D eigenvalue weighted by molar-refractivity contribution is 0.130. The summed E-state index contributed by atoms with van der Waals surface area (Å²) in [6.45, 7) is 4.51. The maximum absolute atomic E-state index is 7.21. The van der Waals surface area contributed by atoms with Crippen LogP contribution in [0.1, 0.15) is 48.5 Å². The molecule has 0 saturated carbocycles. The van der Waals surface area contributed by atoms with Gasteiger partial charge in [-0.3, -0.25) is 0 Å². The Labute approximate surface area is 318 Å². The molecule has 6 aromatic rings. The number of nitrogens with one attached hydrogen (secondary N) is 2. The van der Waals surface area contributed by atoms with Crippen molar-refractivity contribution in [3.8, 4) is 51.3 Å². The van der Waals surface area contributed by atoms with Gasteiger partial charge in [-0.2, -0.15) is 20.2 Å². The molecule has 276 valence electrons. The fourth-order valence-corrected chi connectivity index (χ4v) is 10.0. The van der Waals surface area contributed by atoms with Gasteiger partial charge in [0.05, 0.1) is 11.4 Å². The zero-order chi connectivity index (χ0) is 36.0. The maximum Gasteiger partial charge on any atom is 0.225 e. The van der Waals surface area contributed by atoms with Gasteiger partial charge in [0, 0.05) is 96.9 Å². The lowest BCUT2D eigenvalue weighted by Crippen LogP contribution is -2.42. The summed E-state index contributed by atoms with van der Waals surface area (Å²) in [5.74, 6) is 4.10. The lowest BCUT2D eigenvalue weighted by Gasteiger charge is -2.33. The first-order chi connectivity index (χ1) is 27.2. The van der Waals surface area contributed by atoms with E-state index < -0.39 is 6.10 Å². The van der Waals surface area contributed by atoms with Gasteiger partial charge in [-0.25, -0.2) is 9.36 Å². The number of rotatable bonds is 6. The number of aromatic nitrogens is 6. The predicted octanol–water partition coefficient (Wildman–Crippen LogP) is 5.87. The molecule has 2 N–H and O–H groups in total. The number of anilines is 1. The van der Waals surface area contributed by atoms with Gasteiger partial charge < -0.3 is 29.7 Å². The van der Waals surface area contributed by atoms with Crippen LogP contribution in [-0.4, -0.2) is 73.9 Å². The second-order valence-electron chi connectivity index (χ2n) is 16.0. The normalized spacial score (nSPS) is 25.6. The highest BCUT2D eigenvalue weighted by Gasteiger charge is 2.39. The number of hydrogen-bond donors (Lipinski definition) is 2. The number of benzene rings is 2. The molecule has 55 heavy (non-hydrogen) atoms. The van der Waals surface area contributed by atoms with Crippen molar-refractivity contribution < 1.29 is 14.2 Å². The third-order valence-electron chi connectivity index (χ3n) is 12.6. The van der Waals surface area contributed by atoms with E-state index in [4.69, 9.17) is 24.2 Å². The fourth-order valence-electron chi connectivity index (χ4n) is 10.0. The van der Waals surface area contributed by atoms with Crippen molar-refractivity contribution in [2.75, 3.05) is 31.1 Å². The lowest BCUT2D eigenvalue weighted by atomic mass is 9.84. The van der Waals surface area contributed by atoms with E-state index in [-0.39, 0.29) is 6.10 Å². The van der Waals surface area contributed by atoms with Crippen LogP contribution in [0.2, 0.25) is 0 Å². The Balaban J connectivity index is 0.991. The van der Waals surface area contributed by atoms with Crippen molar-refractivity contribution in [1.29, 1.82) is 0 Å². The monoisotopic (exact) mass is 731 g/mol. The Morgan fingerprint density at radius 1 is 0.727 bits per heavy atom. The van der Waals surface area contributed by atoms with Gasteiger partial charge in [-0.1, -0.05) is 6.07 Å². The molecule has 10 heterocycles. The van der Waals surface area contributed by atoms with Crippen LogP contribution in [0.5, 0.6) is 17.6 Å². The molecular formula is C43H41N9O3. The molecular weight excluding hydrogens is 691 g/mol. The minimum atomic E-state index is -0.501. The average Bonchev–Trinajstić information content (AvgIpc) is 4.07. The van der Waals surface area contributed by atoms with E-state index in [1.165, 1.54) is 12.8 Å². The first kappa shape index (κ1) is 31.6. The van der Waals surface area contributed by atoms with E-state index in [0.29, 0.717) is 48.2 Å². The van der Waals surface area contributed by atoms with E-state index in [9.17, 15) is 0 Å². The van der Waals surface area contributed by atoms with Crippen molar-refractivity contribution in [2.45, 2.75) is 56.6 Å². The van der Waals surface area contributed by atoms with E-state index in [1.807, 2.05) is 40.0 Å². The van der Waals surface area contributed by atoms with Crippen LogP contribution in [0.25, 0.3) is 33.6 Å². The van der Waals surface area contributed by atoms with Crippen LogP contribution in [0.3, 0.4) is 0 Å². The van der Waals surface area contributed by atoms with Crippen LogP contribution in [0.4, 0.5) is 5.82 Å². The topological polar surface area (TPSA) is 116 Å². The summed E-state index contributed by atoms with van der Waals surface area (Å²) in [5.41, 5.74) is 9.00. The van der Waals surface area contributed by atoms with Crippen molar-refractivity contribution in [2.24, 2.45) is 11.8 Å². The fraction of sp³-hybridized carbons (Fsp3) is 0.349. The quantitative estimate of drug-likeness (QED) is 0.216. The van der Waals surface area contributed by atoms with Gasteiger partial charge in [0.15, 0.2) is 6.10 Å². The number of ether oxygens (including phenoxy) is 3. The SMILES string of the molecule is c1cnn(-c2ccc3c(c2)C(c2cc(-n4cccn4)cc4c2-c2ccc(OC5C[C@H]6CC[C@@H](C5)N6)nc2OC4)Oc2nc(N4C[C@H]5CNC[C@H]5C4)ccc2-3)c1. The van der Waals surface area contributed by atoms with Gasteiger partial charge in [0.25, 0.3) is 0 Å². The summed E-state index contributed by atoms with van der Waals surface area (Å²) in [6, 6.07) is 24.3. The standard InChI is InChI=1S/C43H41N9O3/c1-11-45-51(13-1)30-5-6-33-34-7-9-38(50-22-26-20-44-21-27(26)23-50)48-43(34)55-41(36(33)18-30)37-19-31(52-14-2-12-46-52)15-25-24-53-42-35(40(25)37)8-10-39(49-42)54-32-16-28-3-4-29(17-32)47-28/h1-2,5-15,18-19,26-29,32,41,44,47H,3-4,16-17,20-24H2/t26-,27+,28-,29+,32?,41?. The van der Waals surface area contributed by atoms with E-state index in [2.05, 4.69) is 74.3 Å². The van der Waals surface area contributed by atoms with Gasteiger partial charge in [0.1, 0.15) is 18.5 Å². The van der Waals surface area contributed by atoms with Crippen molar-refractivity contribution in [3.05, 3.63) is 108 Å². The molecule has 6 atom stereocenters. The number of pyridine rings is 2. The summed E-state index contributed by atoms with van der Waals surface area (Å²) in [5, 5.41) is 16.5. The first-order valence-electron chi connectivity index (χ1n) is 19.7. The summed E-state index contributed by atoms with van der Waals surface area (Å²) in [6.07, 6.45) is 11.6. The molecule has 0 amide bonds. The van der Waals surface area contributed by atoms with E-state index in [1.54, 1.807) is 12.4 Å². The van der Waals surface area contributed by atoms with Crippen molar-refractivity contribution in [1.82, 2.24) is 40.2 Å². The van der Waals surface area contributed by atoms with Crippen LogP contribution in [0, 0.1) is 11.8 Å². The Morgan fingerprint density at radius 3 is 2.25 bits per heavy atom. The molecule has 6 aliphatic heterocycles. The maximum atomic E-state index is 7.21. The predicted molar refractivity (Wildman–Crippen MR) is 206 cm³/mol. The minimum Gasteiger partial charge on any atom is -0.474 e. The van der Waals surface area contributed by atoms with Gasteiger partial charge in [-0.05, 0) is 103 Å². The van der Waals surface area contributed by atoms with E-state index in [0.717, 1.165) is 95.2 Å². The van der Waals surface area contributed by atoms with Crippen LogP contribution < -0.4 is 29.7 Å². The highest BCUT2D eigenvalue weighted by Crippen LogP contribution is 2.50. The van der Waals surface area contributed by atoms with E-state index >= 15 is 0 Å². The van der Waals surface area contributed by atoms with Crippen LogP contribution in [0.15, 0.2) is 91.5 Å². The number of piperidine rings is 1. The Morgan fingerprint density at radius 2 is 1.47 bits per heavy atom. The van der Waals surface area contributed by atoms with Crippen LogP contribution in [-0.2, 0) is 6.61 Å². The second kappa shape index (κ2) is 12.4. The third-order valence-corrected chi connectivity index (χ3v) is 12.6. The Kier molecular flexibility index (Phi) is 7.13. The molecule has 4 saturated heterocycles. The molecule has 2 aromatic carbocycles. The zero-order valence-corrected chi connectivity index (χ0v) is 30.3. The number of hydrogen-bond acceptors (Lipinski definition) is 10. The minimum absolute atomic E-state index is 0.151. The summed E-state index contributed by atoms with van der Waals surface area (Å²) in [4.78, 5) is 12.7. The molecule has 2 unspecified atom stereocenters. The number of nitrogens with zero attached hydrogens (tertiary/aromatic N) is 7. The van der Waals surface area contributed by atoms with Gasteiger partial charge in [0.2, 0.25) is 17.6 Å². The smallest absolute Gasteiger partial charge is 0.225 e. The molecule has 4 fully saturated rings. The molecule has 6 aliphatic rings. The highest BCUT2D eigenvalue weighted by atomic mass is 16.5. The highest BCUT2D eigenvalue weighted by molar-refractivity contribution is 5.82. The molecule has 0 radical (unpaired) electrons. The first-order valence-corrected chi connectivity index (χ1v) is 19.7. The van der Waals surface area contributed by atoms with Crippen molar-refractivity contribution in [3.63, 3.8) is 0 Å². The Bertz CT molecular complexity index is 2410. The molecule has 0 aliphatic carbocycles. The van der Waals surface area contributed by atoms with Crippen molar-refractivity contribution >= 4 is 5.82 Å². The molecule has 12 heteroatoms. The second-order valence-corrected chi connectivity index (χ2v) is 16.0. The molecule has 4 aromatic heterocycles. The Hall–Kier alpha value is -5.72. The average molecular weight is 732 g/mol. The largest absolute Gasteiger partial charge is 0.474 e. The van der Waals surface area contributed by atoms with Crippen LogP contribution >= 0.6 is 0 Å². The molecule has 12 rings (SSSR count). The molecule has 12 nitrogen and oxygen atoms in total. The summed E-state index contributed by atoms with van der Waals surface area (Å²) >= 11 is 0. The molecule has 2 bridgehead atoms. The van der Waals surface area contributed by atoms with Gasteiger partial charge >= 0.3 is 0 Å². The zero-order valence-electron chi connectivity index (χ0n) is 30.3. The number of fused-ring (bicyclic) bond motifs is 9.